The number of aromatic nitrogens is 2. The average molecular weight is 1150 g/mol. The van der Waals surface area contributed by atoms with Crippen LogP contribution in [0.5, 0.6) is 0 Å². The molecule has 0 aliphatic heterocycles. The highest BCUT2D eigenvalue weighted by molar-refractivity contribution is 7.94. The number of anilines is 4. The lowest BCUT2D eigenvalue weighted by Crippen LogP contribution is -2.17. The van der Waals surface area contributed by atoms with Crippen LogP contribution in [0.1, 0.15) is 22.3 Å². The summed E-state index contributed by atoms with van der Waals surface area (Å²) in [6.07, 6.45) is 0. The van der Waals surface area contributed by atoms with Crippen molar-refractivity contribution >= 4 is 107 Å². The number of pyridine rings is 2. The maximum absolute atomic E-state index is 12.9. The van der Waals surface area contributed by atoms with Gasteiger partial charge in [-0.3, -0.25) is 18.2 Å². The molecule has 8 N–H and O–H groups in total. The summed E-state index contributed by atoms with van der Waals surface area (Å²) in [5.74, 6) is -1.78. The summed E-state index contributed by atoms with van der Waals surface area (Å²) in [4.78, 5) is 6.55. The summed E-state index contributed by atoms with van der Waals surface area (Å²) < 4.78 is 191. The van der Waals surface area contributed by atoms with Crippen LogP contribution in [0.15, 0.2) is 90.6 Å². The molecule has 0 bridgehead atoms. The molecule has 398 valence electrons. The van der Waals surface area contributed by atoms with Gasteiger partial charge in [-0.25, -0.2) is 35.2 Å². The minimum absolute atomic E-state index is 0.0413. The number of sulfone groups is 2. The van der Waals surface area contributed by atoms with Crippen LogP contribution in [-0.4, -0.2) is 130 Å². The van der Waals surface area contributed by atoms with E-state index in [9.17, 15) is 70.1 Å². The van der Waals surface area contributed by atoms with Crippen molar-refractivity contribution in [2.45, 2.75) is 23.6 Å². The lowest BCUT2D eigenvalue weighted by Gasteiger charge is -2.16. The average Bonchev–Trinajstić information content (AvgIpc) is 3.30. The largest absolute Gasteiger partial charge is 0.397 e. The first-order valence-corrected chi connectivity index (χ1v) is 29.2. The molecule has 36 heteroatoms. The van der Waals surface area contributed by atoms with Crippen molar-refractivity contribution in [2.24, 2.45) is 20.5 Å². The SMILES string of the molecule is C=CS(=O)(=O)CCNc1nc(NCCOS(=O)(=O)O)c(C#N)c(C)c1N=Nc1ccc(-c2ccc(N=Nc3c(NCCS(=O)(=O)C=C)nc(NCCOS(=O)(=O)O)c(C#N)c3C)cc2S(=O)(=O)O)c(S(=O)(=O)O)c1. The van der Waals surface area contributed by atoms with E-state index in [1.54, 1.807) is 0 Å². The van der Waals surface area contributed by atoms with Crippen LogP contribution in [0.25, 0.3) is 11.1 Å². The Morgan fingerprint density at radius 2 is 0.892 bits per heavy atom. The Kier molecular flexibility index (Phi) is 19.7. The molecule has 0 atom stereocenters. The molecule has 2 heterocycles. The molecule has 0 spiro atoms. The van der Waals surface area contributed by atoms with Gasteiger partial charge in [0, 0.05) is 59.2 Å². The maximum atomic E-state index is 12.9. The number of hydrogen-bond donors (Lipinski definition) is 8. The summed E-state index contributed by atoms with van der Waals surface area (Å²) in [5, 5.41) is 48.4. The first kappa shape index (κ1) is 59.6. The first-order valence-electron chi connectivity index (χ1n) is 20.2. The van der Waals surface area contributed by atoms with Crippen molar-refractivity contribution in [1.82, 2.24) is 9.97 Å². The minimum Gasteiger partial charge on any atom is -0.367 e. The van der Waals surface area contributed by atoms with E-state index in [1.807, 2.05) is 12.1 Å². The van der Waals surface area contributed by atoms with E-state index in [0.29, 0.717) is 10.8 Å². The predicted octanol–water partition coefficient (Wildman–Crippen LogP) is 4.23. The van der Waals surface area contributed by atoms with Gasteiger partial charge in [-0.15, -0.1) is 10.2 Å². The number of azo groups is 2. The van der Waals surface area contributed by atoms with Crippen LogP contribution < -0.4 is 21.3 Å². The summed E-state index contributed by atoms with van der Waals surface area (Å²) in [6, 6.07) is 9.46. The maximum Gasteiger partial charge on any atom is 0.397 e. The van der Waals surface area contributed by atoms with E-state index in [1.165, 1.54) is 13.8 Å². The van der Waals surface area contributed by atoms with Gasteiger partial charge in [0.2, 0.25) is 0 Å². The van der Waals surface area contributed by atoms with E-state index < -0.39 is 106 Å². The van der Waals surface area contributed by atoms with Gasteiger partial charge >= 0.3 is 20.8 Å². The summed E-state index contributed by atoms with van der Waals surface area (Å²) >= 11 is 0. The van der Waals surface area contributed by atoms with Crippen molar-refractivity contribution in [1.29, 1.82) is 10.5 Å². The van der Waals surface area contributed by atoms with Gasteiger partial charge in [0.15, 0.2) is 31.3 Å². The second-order valence-electron chi connectivity index (χ2n) is 14.5. The monoisotopic (exact) mass is 1150 g/mol. The molecule has 0 aliphatic rings. The van der Waals surface area contributed by atoms with Crippen molar-refractivity contribution in [3.63, 3.8) is 0 Å². The summed E-state index contributed by atoms with van der Waals surface area (Å²) in [5.41, 5.74) is -2.40. The van der Waals surface area contributed by atoms with Crippen LogP contribution >= 0.6 is 0 Å². The molecule has 2 aromatic carbocycles. The number of benzene rings is 2. The Morgan fingerprint density at radius 3 is 1.19 bits per heavy atom. The van der Waals surface area contributed by atoms with E-state index in [-0.39, 0.29) is 94.5 Å². The number of rotatable bonds is 27. The van der Waals surface area contributed by atoms with E-state index in [0.717, 1.165) is 36.4 Å². The zero-order valence-electron chi connectivity index (χ0n) is 38.2. The molecule has 0 amide bonds. The highest BCUT2D eigenvalue weighted by Crippen LogP contribution is 2.40. The third-order valence-corrected chi connectivity index (χ3v) is 14.8. The second kappa shape index (κ2) is 24.4. The number of nitriles is 2. The predicted molar refractivity (Wildman–Crippen MR) is 264 cm³/mol. The van der Waals surface area contributed by atoms with Gasteiger partial charge in [0.25, 0.3) is 20.2 Å². The van der Waals surface area contributed by atoms with Gasteiger partial charge in [-0.1, -0.05) is 25.3 Å². The second-order valence-corrected chi connectivity index (χ2v) is 23.6. The third kappa shape index (κ3) is 17.1. The van der Waals surface area contributed by atoms with Crippen LogP contribution in [0.3, 0.4) is 0 Å². The third-order valence-electron chi connectivity index (χ3n) is 9.48. The fraction of sp³-hybridized carbons (Fsp3) is 0.263. The molecule has 4 aromatic rings. The van der Waals surface area contributed by atoms with Gasteiger partial charge in [-0.2, -0.15) is 54.4 Å². The molecule has 0 saturated heterocycles. The number of hydrogen-bond acceptors (Lipinski definition) is 26. The summed E-state index contributed by atoms with van der Waals surface area (Å²) in [6.45, 7) is 6.71. The first-order chi connectivity index (χ1) is 34.3. The fourth-order valence-corrected chi connectivity index (χ4v) is 9.21. The fourth-order valence-electron chi connectivity index (χ4n) is 6.07. The molecule has 0 unspecified atom stereocenters. The normalized spacial score (nSPS) is 12.5. The van der Waals surface area contributed by atoms with Crippen LogP contribution in [0.4, 0.5) is 46.0 Å². The Labute approximate surface area is 424 Å². The molecule has 4 rings (SSSR count). The van der Waals surface area contributed by atoms with Crippen LogP contribution in [0.2, 0.25) is 0 Å². The summed E-state index contributed by atoms with van der Waals surface area (Å²) in [7, 11) is -27.8. The molecule has 30 nitrogen and oxygen atoms in total. The molecule has 2 aromatic heterocycles. The van der Waals surface area contributed by atoms with Gasteiger partial charge in [0.1, 0.15) is 44.9 Å². The molecule has 0 saturated carbocycles. The Bertz CT molecular complexity index is 3470. The Hall–Kier alpha value is -6.94. The highest BCUT2D eigenvalue weighted by Gasteiger charge is 2.26. The van der Waals surface area contributed by atoms with Crippen molar-refractivity contribution in [3.8, 4) is 23.3 Å². The molecule has 74 heavy (non-hydrogen) atoms. The van der Waals surface area contributed by atoms with Crippen LogP contribution in [-0.2, 0) is 69.1 Å². The van der Waals surface area contributed by atoms with Gasteiger partial charge < -0.3 is 21.3 Å². The van der Waals surface area contributed by atoms with E-state index >= 15 is 0 Å². The van der Waals surface area contributed by atoms with Crippen molar-refractivity contribution < 1.29 is 77.1 Å². The standard InChI is InChI=1S/C38H42N12O18S6/c1-5-69(51,52)17-13-43-37-33(23(3)29(21-39)35(45-37)41-11-15-67-73(61,62)63)49-47-25-7-9-27(31(19-25)71(55,56)57)28-10-8-26(20-32(28)72(58,59)60)48-50-34-24(4)30(22-40)36(42-12-16-68-74(64,65)66)46-38(34)44-14-18-70(53,54)6-2/h5-10,19-20H,1-2,11-18H2,3-4H3,(H2,41,43,45)(H2,42,44,46)(H,55,56,57)(H,58,59,60)(H,61,62,63)(H,64,65,66). The number of nitrogens with one attached hydrogen (secondary N) is 4. The van der Waals surface area contributed by atoms with Gasteiger partial charge in [0.05, 0.1) is 47.2 Å². The van der Waals surface area contributed by atoms with E-state index in [4.69, 9.17) is 9.11 Å². The topological polar surface area (TPSA) is 475 Å². The molecular weight excluding hydrogens is 1100 g/mol. The number of nitrogens with zero attached hydrogens (tertiary/aromatic N) is 8. The molecule has 0 aliphatic carbocycles. The van der Waals surface area contributed by atoms with E-state index in [2.05, 4.69) is 73.2 Å². The molecule has 0 radical (unpaired) electrons. The van der Waals surface area contributed by atoms with Gasteiger partial charge in [-0.05, 0) is 38.1 Å². The zero-order chi connectivity index (χ0) is 55.5. The lowest BCUT2D eigenvalue weighted by molar-refractivity contribution is 0.277. The Morgan fingerprint density at radius 1 is 0.554 bits per heavy atom. The Balaban J connectivity index is 1.82. The van der Waals surface area contributed by atoms with Crippen molar-refractivity contribution in [2.75, 3.05) is 72.2 Å². The highest BCUT2D eigenvalue weighted by atomic mass is 32.3. The quantitative estimate of drug-likeness (QED) is 0.0235. The van der Waals surface area contributed by atoms with Crippen molar-refractivity contribution in [3.05, 3.63) is 82.6 Å². The molecule has 0 fully saturated rings. The molecular formula is C38H42N12O18S6. The minimum atomic E-state index is -5.30. The zero-order valence-corrected chi connectivity index (χ0v) is 43.1. The van der Waals surface area contributed by atoms with Crippen LogP contribution in [0, 0.1) is 36.5 Å². The smallest absolute Gasteiger partial charge is 0.367 e. The lowest BCUT2D eigenvalue weighted by atomic mass is 10.0.